The lowest BCUT2D eigenvalue weighted by Gasteiger charge is -2.16. The number of aryl methyl sites for hydroxylation is 2. The van der Waals surface area contributed by atoms with Crippen LogP contribution < -0.4 is 15.4 Å². The molecular formula is C26H33N5O3S. The lowest BCUT2D eigenvalue weighted by Crippen LogP contribution is -2.20. The maximum atomic E-state index is 12.6. The van der Waals surface area contributed by atoms with Gasteiger partial charge in [-0.15, -0.1) is 10.2 Å². The van der Waals surface area contributed by atoms with Crippen molar-refractivity contribution in [1.82, 2.24) is 14.8 Å². The minimum Gasteiger partial charge on any atom is -0.494 e. The Kier molecular flexibility index (Phi) is 8.65. The Balaban J connectivity index is 1.40. The predicted octanol–water partition coefficient (Wildman–Crippen LogP) is 4.82. The summed E-state index contributed by atoms with van der Waals surface area (Å²) in [6.45, 7) is 8.74. The molecule has 1 atom stereocenters. The minimum absolute atomic E-state index is 0.0965. The van der Waals surface area contributed by atoms with Gasteiger partial charge in [0, 0.05) is 18.0 Å². The molecule has 1 aromatic heterocycles. The molecule has 4 rings (SSSR count). The zero-order chi connectivity index (χ0) is 24.6. The summed E-state index contributed by atoms with van der Waals surface area (Å²) in [6.07, 6.45) is 2.23. The Morgan fingerprint density at radius 2 is 2.03 bits per heavy atom. The first-order valence-corrected chi connectivity index (χ1v) is 13.0. The summed E-state index contributed by atoms with van der Waals surface area (Å²) in [5, 5.41) is 16.0. The van der Waals surface area contributed by atoms with Crippen LogP contribution in [0.3, 0.4) is 0 Å². The fraction of sp³-hybridized carbons (Fsp3) is 0.423. The van der Waals surface area contributed by atoms with Crippen LogP contribution in [0.15, 0.2) is 47.6 Å². The van der Waals surface area contributed by atoms with Gasteiger partial charge in [-0.25, -0.2) is 0 Å². The first kappa shape index (κ1) is 25.1. The maximum Gasteiger partial charge on any atom is 0.234 e. The third-order valence-corrected chi connectivity index (χ3v) is 6.77. The summed E-state index contributed by atoms with van der Waals surface area (Å²) in [5.41, 5.74) is 4.23. The van der Waals surface area contributed by atoms with Crippen molar-refractivity contribution in [1.29, 1.82) is 0 Å². The first-order chi connectivity index (χ1) is 17.0. The fourth-order valence-electron chi connectivity index (χ4n) is 4.05. The smallest absolute Gasteiger partial charge is 0.234 e. The van der Waals surface area contributed by atoms with Crippen LogP contribution in [0.4, 0.5) is 11.4 Å². The number of anilines is 2. The molecule has 0 aliphatic carbocycles. The number of hydrogen-bond donors (Lipinski definition) is 2. The van der Waals surface area contributed by atoms with Crippen molar-refractivity contribution in [2.75, 3.05) is 29.6 Å². The number of amides is 1. The molecule has 186 valence electrons. The van der Waals surface area contributed by atoms with Gasteiger partial charge in [-0.2, -0.15) is 0 Å². The van der Waals surface area contributed by atoms with Crippen LogP contribution in [-0.4, -0.2) is 45.7 Å². The van der Waals surface area contributed by atoms with Gasteiger partial charge >= 0.3 is 0 Å². The maximum absolute atomic E-state index is 12.6. The van der Waals surface area contributed by atoms with E-state index in [-0.39, 0.29) is 17.8 Å². The molecule has 2 heterocycles. The number of carbonyl (C=O) groups is 1. The highest BCUT2D eigenvalue weighted by molar-refractivity contribution is 7.99. The fourth-order valence-corrected chi connectivity index (χ4v) is 4.81. The molecule has 1 aliphatic heterocycles. The van der Waals surface area contributed by atoms with Crippen molar-refractivity contribution in [3.63, 3.8) is 0 Å². The van der Waals surface area contributed by atoms with E-state index < -0.39 is 0 Å². The second-order valence-corrected chi connectivity index (χ2v) is 9.55. The van der Waals surface area contributed by atoms with Gasteiger partial charge in [0.15, 0.2) is 11.0 Å². The SMILES string of the molecule is CCOc1ccc(NC(=O)CSc2nnc(CNc3ccc(C)cc3C)n2C[C@@H]2CCCO2)cc1. The average Bonchev–Trinajstić information content (AvgIpc) is 3.49. The summed E-state index contributed by atoms with van der Waals surface area (Å²) in [4.78, 5) is 12.6. The van der Waals surface area contributed by atoms with Crippen LogP contribution in [0.2, 0.25) is 0 Å². The number of ether oxygens (including phenoxy) is 2. The molecule has 1 fully saturated rings. The van der Waals surface area contributed by atoms with Gasteiger partial charge in [-0.3, -0.25) is 4.79 Å². The summed E-state index contributed by atoms with van der Waals surface area (Å²) in [5.74, 6) is 1.75. The highest BCUT2D eigenvalue weighted by atomic mass is 32.2. The lowest BCUT2D eigenvalue weighted by atomic mass is 10.1. The van der Waals surface area contributed by atoms with Crippen LogP contribution >= 0.6 is 11.8 Å². The number of rotatable bonds is 11. The van der Waals surface area contributed by atoms with E-state index in [2.05, 4.69) is 57.4 Å². The Hall–Kier alpha value is -3.04. The molecular weight excluding hydrogens is 462 g/mol. The molecule has 0 unspecified atom stereocenters. The number of nitrogens with one attached hydrogen (secondary N) is 2. The van der Waals surface area contributed by atoms with Crippen LogP contribution in [0.25, 0.3) is 0 Å². The number of hydrogen-bond acceptors (Lipinski definition) is 7. The second kappa shape index (κ2) is 12.1. The topological polar surface area (TPSA) is 90.3 Å². The molecule has 2 aromatic carbocycles. The number of benzene rings is 2. The third-order valence-electron chi connectivity index (χ3n) is 5.80. The van der Waals surface area contributed by atoms with Crippen LogP contribution in [0.5, 0.6) is 5.75 Å². The van der Waals surface area contributed by atoms with Gasteiger partial charge in [0.25, 0.3) is 0 Å². The zero-order valence-electron chi connectivity index (χ0n) is 20.5. The van der Waals surface area contributed by atoms with E-state index in [1.165, 1.54) is 22.9 Å². The van der Waals surface area contributed by atoms with Crippen LogP contribution in [0.1, 0.15) is 36.7 Å². The Morgan fingerprint density at radius 1 is 1.20 bits per heavy atom. The summed E-state index contributed by atoms with van der Waals surface area (Å²) < 4.78 is 13.4. The van der Waals surface area contributed by atoms with E-state index in [4.69, 9.17) is 9.47 Å². The third kappa shape index (κ3) is 6.99. The molecule has 1 saturated heterocycles. The first-order valence-electron chi connectivity index (χ1n) is 12.0. The molecule has 35 heavy (non-hydrogen) atoms. The van der Waals surface area contributed by atoms with E-state index in [0.717, 1.165) is 47.6 Å². The molecule has 0 bridgehead atoms. The van der Waals surface area contributed by atoms with Crippen molar-refractivity contribution in [3.05, 3.63) is 59.4 Å². The van der Waals surface area contributed by atoms with Crippen molar-refractivity contribution < 1.29 is 14.3 Å². The molecule has 3 aromatic rings. The van der Waals surface area contributed by atoms with Crippen molar-refractivity contribution in [2.45, 2.75) is 58.0 Å². The van der Waals surface area contributed by atoms with Crippen molar-refractivity contribution >= 4 is 29.0 Å². The average molecular weight is 496 g/mol. The normalized spacial score (nSPS) is 15.2. The van der Waals surface area contributed by atoms with E-state index >= 15 is 0 Å². The molecule has 8 nitrogen and oxygen atoms in total. The second-order valence-electron chi connectivity index (χ2n) is 8.61. The quantitative estimate of drug-likeness (QED) is 0.369. The Bertz CT molecular complexity index is 1130. The van der Waals surface area contributed by atoms with Crippen LogP contribution in [-0.2, 0) is 22.6 Å². The van der Waals surface area contributed by atoms with Crippen molar-refractivity contribution in [3.8, 4) is 5.75 Å². The molecule has 2 N–H and O–H groups in total. The standard InChI is InChI=1S/C26H33N5O3S/c1-4-33-21-10-8-20(9-11-21)28-25(32)17-35-26-30-29-24(31(26)16-22-6-5-13-34-22)15-27-23-12-7-18(2)14-19(23)3/h7-12,14,22,27H,4-6,13,15-17H2,1-3H3,(H,28,32)/t22-/m0/s1. The Morgan fingerprint density at radius 3 is 2.74 bits per heavy atom. The largest absolute Gasteiger partial charge is 0.494 e. The molecule has 0 radical (unpaired) electrons. The predicted molar refractivity (Wildman–Crippen MR) is 139 cm³/mol. The summed E-state index contributed by atoms with van der Waals surface area (Å²) >= 11 is 1.39. The number of aromatic nitrogens is 3. The number of nitrogens with zero attached hydrogens (tertiary/aromatic N) is 3. The van der Waals surface area contributed by atoms with E-state index in [9.17, 15) is 4.79 Å². The molecule has 9 heteroatoms. The summed E-state index contributed by atoms with van der Waals surface area (Å²) in [7, 11) is 0. The van der Waals surface area contributed by atoms with Gasteiger partial charge in [0.2, 0.25) is 5.91 Å². The number of thioether (sulfide) groups is 1. The van der Waals surface area contributed by atoms with Gasteiger partial charge in [-0.1, -0.05) is 29.5 Å². The van der Waals surface area contributed by atoms with Gasteiger partial charge in [0.05, 0.1) is 31.6 Å². The van der Waals surface area contributed by atoms with Crippen molar-refractivity contribution in [2.24, 2.45) is 0 Å². The van der Waals surface area contributed by atoms with E-state index in [1.807, 2.05) is 31.2 Å². The number of carbonyl (C=O) groups excluding carboxylic acids is 1. The molecule has 0 saturated carbocycles. The summed E-state index contributed by atoms with van der Waals surface area (Å²) in [6, 6.07) is 13.7. The van der Waals surface area contributed by atoms with E-state index in [1.54, 1.807) is 0 Å². The zero-order valence-corrected chi connectivity index (χ0v) is 21.4. The highest BCUT2D eigenvalue weighted by Crippen LogP contribution is 2.23. The monoisotopic (exact) mass is 495 g/mol. The lowest BCUT2D eigenvalue weighted by molar-refractivity contribution is -0.113. The van der Waals surface area contributed by atoms with Crippen LogP contribution in [0, 0.1) is 13.8 Å². The molecule has 1 amide bonds. The molecule has 0 spiro atoms. The van der Waals surface area contributed by atoms with Gasteiger partial charge < -0.3 is 24.7 Å². The Labute approximate surface area is 210 Å². The van der Waals surface area contributed by atoms with E-state index in [0.29, 0.717) is 19.7 Å². The highest BCUT2D eigenvalue weighted by Gasteiger charge is 2.21. The van der Waals surface area contributed by atoms with Gasteiger partial charge in [-0.05, 0) is 69.5 Å². The minimum atomic E-state index is -0.0965. The molecule has 1 aliphatic rings. The van der Waals surface area contributed by atoms with Gasteiger partial charge in [0.1, 0.15) is 5.75 Å².